The second kappa shape index (κ2) is 18.1. The fourth-order valence-electron chi connectivity index (χ4n) is 2.85. The molecule has 10 nitrogen and oxygen atoms in total. The largest absolute Gasteiger partial charge is 0.396 e. The molecule has 0 aromatic carbocycles. The Kier molecular flexibility index (Phi) is 17.5. The van der Waals surface area contributed by atoms with Crippen molar-refractivity contribution in [2.75, 3.05) is 37.8 Å². The van der Waals surface area contributed by atoms with Gasteiger partial charge in [-0.05, 0) is 12.8 Å². The lowest BCUT2D eigenvalue weighted by atomic mass is 9.84. The van der Waals surface area contributed by atoms with Gasteiger partial charge in [-0.15, -0.1) is 0 Å². The molecule has 0 radical (unpaired) electrons. The van der Waals surface area contributed by atoms with E-state index in [-0.39, 0.29) is 50.1 Å². The van der Waals surface area contributed by atoms with Crippen LogP contribution in [0.25, 0.3) is 0 Å². The topological polar surface area (TPSA) is 173 Å². The molecule has 0 aromatic rings. The van der Waals surface area contributed by atoms with E-state index in [9.17, 15) is 39.6 Å². The molecular weight excluding hydrogens is 508 g/mol. The van der Waals surface area contributed by atoms with Gasteiger partial charge in [-0.2, -0.15) is 0 Å². The average Bonchev–Trinajstić information content (AvgIpc) is 2.84. The number of Topliss-reactive ketones (excluding diaryl/α,β-unsaturated/α-hetero) is 2. The maximum Gasteiger partial charge on any atom is 0.249 e. The molecule has 0 heterocycles. The number of aliphatic hydroxyl groups excluding tert-OH is 4. The van der Waals surface area contributed by atoms with Crippen molar-refractivity contribution in [1.82, 2.24) is 10.6 Å². The summed E-state index contributed by atoms with van der Waals surface area (Å²) in [4.78, 5) is 47.6. The number of ketones is 2. The third kappa shape index (κ3) is 14.5. The fraction of sp³-hybridized carbons (Fsp3) is 0.833. The molecular formula is C24H44N2O8S2. The van der Waals surface area contributed by atoms with Crippen LogP contribution in [0.3, 0.4) is 0 Å². The lowest BCUT2D eigenvalue weighted by Crippen LogP contribution is -2.46. The maximum absolute atomic E-state index is 12.0. The predicted molar refractivity (Wildman–Crippen MR) is 142 cm³/mol. The first-order valence-corrected chi connectivity index (χ1v) is 14.7. The molecule has 0 rings (SSSR count). The number of aliphatic hydroxyl groups is 4. The van der Waals surface area contributed by atoms with Crippen molar-refractivity contribution >= 4 is 45.0 Å². The summed E-state index contributed by atoms with van der Waals surface area (Å²) in [6, 6.07) is 0. The predicted octanol–water partition coefficient (Wildman–Crippen LogP) is 0.838. The van der Waals surface area contributed by atoms with Crippen molar-refractivity contribution in [2.24, 2.45) is 10.8 Å². The number of carbonyl (C=O) groups excluding carboxylic acids is 4. The first-order chi connectivity index (χ1) is 16.8. The highest BCUT2D eigenvalue weighted by Gasteiger charge is 2.33. The van der Waals surface area contributed by atoms with Crippen molar-refractivity contribution in [3.63, 3.8) is 0 Å². The van der Waals surface area contributed by atoms with Crippen LogP contribution in [0, 0.1) is 10.8 Å². The summed E-state index contributed by atoms with van der Waals surface area (Å²) in [5.74, 6) is 0.359. The molecule has 2 atom stereocenters. The number of nitrogens with one attached hydrogen (secondary N) is 2. The van der Waals surface area contributed by atoms with Crippen LogP contribution < -0.4 is 10.6 Å². The zero-order valence-electron chi connectivity index (χ0n) is 21.9. The van der Waals surface area contributed by atoms with Crippen molar-refractivity contribution in [3.05, 3.63) is 0 Å². The summed E-state index contributed by atoms with van der Waals surface area (Å²) in [6.45, 7) is 6.29. The monoisotopic (exact) mass is 552 g/mol. The number of hydrogen-bond acceptors (Lipinski definition) is 10. The third-order valence-electron chi connectivity index (χ3n) is 5.65. The number of rotatable bonds is 21. The van der Waals surface area contributed by atoms with Gasteiger partial charge >= 0.3 is 0 Å². The molecule has 0 aromatic heterocycles. The lowest BCUT2D eigenvalue weighted by Gasteiger charge is -2.27. The number of carbonyl (C=O) groups is 4. The van der Waals surface area contributed by atoms with Gasteiger partial charge in [0, 0.05) is 61.1 Å². The summed E-state index contributed by atoms with van der Waals surface area (Å²) < 4.78 is 0. The summed E-state index contributed by atoms with van der Waals surface area (Å²) in [7, 11) is 3.20. The second-order valence-electron chi connectivity index (χ2n) is 10.1. The van der Waals surface area contributed by atoms with Gasteiger partial charge in [0.2, 0.25) is 11.8 Å². The van der Waals surface area contributed by atoms with Gasteiger partial charge < -0.3 is 31.1 Å². The number of hydrogen-bond donors (Lipinski definition) is 6. The molecule has 6 N–H and O–H groups in total. The number of amides is 2. The smallest absolute Gasteiger partial charge is 0.249 e. The Morgan fingerprint density at radius 1 is 0.722 bits per heavy atom. The molecule has 0 spiro atoms. The highest BCUT2D eigenvalue weighted by Crippen LogP contribution is 2.23. The molecule has 210 valence electrons. The van der Waals surface area contributed by atoms with Crippen LogP contribution in [0.1, 0.15) is 66.2 Å². The maximum atomic E-state index is 12.0. The van der Waals surface area contributed by atoms with Gasteiger partial charge in [0.05, 0.1) is 13.2 Å². The van der Waals surface area contributed by atoms with E-state index in [4.69, 9.17) is 0 Å². The molecule has 2 amide bonds. The van der Waals surface area contributed by atoms with Gasteiger partial charge in [-0.25, -0.2) is 0 Å². The third-order valence-corrected chi connectivity index (χ3v) is 8.15. The molecule has 0 aliphatic heterocycles. The summed E-state index contributed by atoms with van der Waals surface area (Å²) in [5, 5.41) is 43.5. The SMILES string of the molecule is CC(C)(CO)[C@@H](O)C(=O)CCCC(=O)CCCSSCCNC(=O)CCNC(=O)[C@H](O)C(C)(C)CO. The Balaban J connectivity index is 3.74. The average molecular weight is 553 g/mol. The Bertz CT molecular complexity index is 646. The molecule has 0 fully saturated rings. The summed E-state index contributed by atoms with van der Waals surface area (Å²) in [5.41, 5.74) is -1.85. The quantitative estimate of drug-likeness (QED) is 0.0884. The van der Waals surface area contributed by atoms with Crippen LogP contribution in [0.5, 0.6) is 0 Å². The normalized spacial score (nSPS) is 13.7. The second-order valence-corrected chi connectivity index (χ2v) is 12.8. The Morgan fingerprint density at radius 2 is 1.28 bits per heavy atom. The van der Waals surface area contributed by atoms with E-state index < -0.39 is 28.9 Å². The van der Waals surface area contributed by atoms with Crippen molar-refractivity contribution < 1.29 is 39.6 Å². The van der Waals surface area contributed by atoms with Crippen LogP contribution in [0.4, 0.5) is 0 Å². The van der Waals surface area contributed by atoms with E-state index in [2.05, 4.69) is 10.6 Å². The van der Waals surface area contributed by atoms with Crippen LogP contribution in [0.2, 0.25) is 0 Å². The standard InChI is InChI=1S/C24H44N2O8S2/c1-23(2,15-27)20(32)18(30)9-5-7-17(29)8-6-13-35-36-14-12-25-19(31)10-11-26-22(34)21(33)24(3,4)16-28/h20-21,27-28,32-33H,5-16H2,1-4H3,(H,25,31)(H,26,34)/t20-,21-/m0/s1. The van der Waals surface area contributed by atoms with Crippen LogP contribution in [-0.4, -0.2) is 93.8 Å². The Hall–Kier alpha value is -1.18. The Morgan fingerprint density at radius 3 is 1.89 bits per heavy atom. The summed E-state index contributed by atoms with van der Waals surface area (Å²) >= 11 is 0. The van der Waals surface area contributed by atoms with Crippen molar-refractivity contribution in [1.29, 1.82) is 0 Å². The first-order valence-electron chi connectivity index (χ1n) is 12.2. The van der Waals surface area contributed by atoms with E-state index in [0.29, 0.717) is 31.6 Å². The van der Waals surface area contributed by atoms with Crippen molar-refractivity contribution in [2.45, 2.75) is 78.4 Å². The van der Waals surface area contributed by atoms with E-state index in [0.717, 1.165) is 12.2 Å². The fourth-order valence-corrected chi connectivity index (χ4v) is 4.84. The summed E-state index contributed by atoms with van der Waals surface area (Å²) in [6.07, 6.45) is -0.564. The highest BCUT2D eigenvalue weighted by molar-refractivity contribution is 8.76. The van der Waals surface area contributed by atoms with E-state index >= 15 is 0 Å². The minimum atomic E-state index is -1.36. The van der Waals surface area contributed by atoms with Crippen LogP contribution >= 0.6 is 21.6 Å². The van der Waals surface area contributed by atoms with Gasteiger partial charge in [-0.1, -0.05) is 49.3 Å². The highest BCUT2D eigenvalue weighted by atomic mass is 33.1. The molecule has 0 saturated heterocycles. The molecule has 0 unspecified atom stereocenters. The molecule has 0 saturated carbocycles. The van der Waals surface area contributed by atoms with Gasteiger partial charge in [0.25, 0.3) is 0 Å². The van der Waals surface area contributed by atoms with Gasteiger partial charge in [0.15, 0.2) is 5.78 Å². The van der Waals surface area contributed by atoms with E-state index in [1.54, 1.807) is 49.3 Å². The van der Waals surface area contributed by atoms with Crippen LogP contribution in [-0.2, 0) is 19.2 Å². The van der Waals surface area contributed by atoms with E-state index in [1.807, 2.05) is 0 Å². The van der Waals surface area contributed by atoms with Gasteiger partial charge in [0.1, 0.15) is 18.0 Å². The van der Waals surface area contributed by atoms with Crippen LogP contribution in [0.15, 0.2) is 0 Å². The zero-order valence-corrected chi connectivity index (χ0v) is 23.5. The molecule has 0 bridgehead atoms. The Labute approximate surface area is 222 Å². The minimum Gasteiger partial charge on any atom is -0.396 e. The first kappa shape index (κ1) is 34.8. The van der Waals surface area contributed by atoms with E-state index in [1.165, 1.54) is 0 Å². The van der Waals surface area contributed by atoms with Crippen molar-refractivity contribution in [3.8, 4) is 0 Å². The van der Waals surface area contributed by atoms with Gasteiger partial charge in [-0.3, -0.25) is 19.2 Å². The molecule has 36 heavy (non-hydrogen) atoms. The lowest BCUT2D eigenvalue weighted by molar-refractivity contribution is -0.137. The molecule has 12 heteroatoms. The molecule has 0 aliphatic carbocycles. The zero-order chi connectivity index (χ0) is 27.8. The minimum absolute atomic E-state index is 0.0797. The molecule has 0 aliphatic rings.